The smallest absolute Gasteiger partial charge is 0.154 e. The molecule has 0 heterocycles. The molecule has 0 spiro atoms. The number of rotatable bonds is 6. The molecule has 0 aliphatic carbocycles. The molecule has 0 aliphatic heterocycles. The van der Waals surface area contributed by atoms with E-state index in [1.165, 1.54) is 6.08 Å². The van der Waals surface area contributed by atoms with Gasteiger partial charge in [-0.2, -0.15) is 0 Å². The number of hydrogen-bond acceptors (Lipinski definition) is 4. The lowest BCUT2D eigenvalue weighted by atomic mass is 10.2. The molecule has 0 unspecified atom stereocenters. The van der Waals surface area contributed by atoms with Crippen molar-refractivity contribution < 1.29 is 16.8 Å². The molecule has 0 bridgehead atoms. The summed E-state index contributed by atoms with van der Waals surface area (Å²) in [6.07, 6.45) is 4.27. The van der Waals surface area contributed by atoms with Crippen LogP contribution in [-0.2, 0) is 19.7 Å². The maximum Gasteiger partial charge on any atom is 0.154 e. The zero-order valence-corrected chi connectivity index (χ0v) is 11.7. The van der Waals surface area contributed by atoms with E-state index in [0.29, 0.717) is 0 Å². The first-order valence-electron chi connectivity index (χ1n) is 5.38. The molecule has 18 heavy (non-hydrogen) atoms. The summed E-state index contributed by atoms with van der Waals surface area (Å²) in [6.45, 7) is 0. The third kappa shape index (κ3) is 6.56. The Kier molecular flexibility index (Phi) is 5.10. The summed E-state index contributed by atoms with van der Waals surface area (Å²) in [5.74, 6) is -0.795. The Bertz CT molecular complexity index is 599. The lowest BCUT2D eigenvalue weighted by Crippen LogP contribution is -2.17. The average molecular weight is 288 g/mol. The van der Waals surface area contributed by atoms with Crippen LogP contribution in [-0.4, -0.2) is 40.3 Å². The highest BCUT2D eigenvalue weighted by Gasteiger charge is 2.12. The van der Waals surface area contributed by atoms with Gasteiger partial charge in [0.1, 0.15) is 9.84 Å². The van der Waals surface area contributed by atoms with Crippen LogP contribution in [0, 0.1) is 0 Å². The average Bonchev–Trinajstić information content (AvgIpc) is 2.27. The Morgan fingerprint density at radius 2 is 1.61 bits per heavy atom. The highest BCUT2D eigenvalue weighted by molar-refractivity contribution is 7.94. The van der Waals surface area contributed by atoms with Crippen molar-refractivity contribution in [3.63, 3.8) is 0 Å². The van der Waals surface area contributed by atoms with E-state index < -0.39 is 19.7 Å². The molecule has 1 rings (SSSR count). The summed E-state index contributed by atoms with van der Waals surface area (Å²) in [5.41, 5.74) is 0.913. The third-order valence-electron chi connectivity index (χ3n) is 2.23. The molecule has 1 aromatic rings. The zero-order valence-electron chi connectivity index (χ0n) is 10.1. The molecule has 0 atom stereocenters. The molecule has 0 saturated carbocycles. The van der Waals surface area contributed by atoms with Crippen molar-refractivity contribution in [1.82, 2.24) is 0 Å². The van der Waals surface area contributed by atoms with Crippen LogP contribution in [0.2, 0.25) is 0 Å². The monoisotopic (exact) mass is 288 g/mol. The van der Waals surface area contributed by atoms with E-state index in [4.69, 9.17) is 0 Å². The number of sulfone groups is 2. The van der Waals surface area contributed by atoms with Crippen molar-refractivity contribution >= 4 is 25.8 Å². The summed E-state index contributed by atoms with van der Waals surface area (Å²) in [5, 5.41) is 0. The van der Waals surface area contributed by atoms with Gasteiger partial charge in [0, 0.05) is 6.26 Å². The van der Waals surface area contributed by atoms with Crippen LogP contribution in [0.1, 0.15) is 5.56 Å². The lowest BCUT2D eigenvalue weighted by molar-refractivity contribution is 0.592. The highest BCUT2D eigenvalue weighted by Crippen LogP contribution is 2.02. The molecule has 1 aromatic carbocycles. The third-order valence-corrected chi connectivity index (χ3v) is 4.96. The van der Waals surface area contributed by atoms with Crippen molar-refractivity contribution in [2.75, 3.05) is 23.5 Å². The standard InChI is InChI=1S/C12H16O4S2/c1-17(13,14)10-11-18(15,16)9-5-8-12-6-3-2-4-7-12/h2-8H,9-11H2,1H3/b8-5-. The molecule has 0 radical (unpaired) electrons. The molecule has 0 saturated heterocycles. The summed E-state index contributed by atoms with van der Waals surface area (Å²) >= 11 is 0. The van der Waals surface area contributed by atoms with Crippen LogP contribution < -0.4 is 0 Å². The van der Waals surface area contributed by atoms with Gasteiger partial charge in [-0.3, -0.25) is 0 Å². The van der Waals surface area contributed by atoms with Gasteiger partial charge in [-0.15, -0.1) is 0 Å². The molecule has 4 nitrogen and oxygen atoms in total. The van der Waals surface area contributed by atoms with Crippen LogP contribution in [0.4, 0.5) is 0 Å². The van der Waals surface area contributed by atoms with E-state index in [1.54, 1.807) is 6.08 Å². The van der Waals surface area contributed by atoms with Gasteiger partial charge in [-0.25, -0.2) is 16.8 Å². The molecule has 0 aliphatic rings. The predicted octanol–water partition coefficient (Wildman–Crippen LogP) is 1.16. The summed E-state index contributed by atoms with van der Waals surface area (Å²) in [4.78, 5) is 0. The van der Waals surface area contributed by atoms with Crippen molar-refractivity contribution in [3.8, 4) is 0 Å². The molecule has 0 N–H and O–H groups in total. The predicted molar refractivity (Wildman–Crippen MR) is 73.8 cm³/mol. The van der Waals surface area contributed by atoms with E-state index in [2.05, 4.69) is 0 Å². The molecular formula is C12H16O4S2. The van der Waals surface area contributed by atoms with Crippen LogP contribution in [0.5, 0.6) is 0 Å². The largest absolute Gasteiger partial charge is 0.229 e. The molecule has 0 fully saturated rings. The molecule has 6 heteroatoms. The first-order chi connectivity index (χ1) is 8.29. The van der Waals surface area contributed by atoms with Gasteiger partial charge in [-0.05, 0) is 5.56 Å². The summed E-state index contributed by atoms with van der Waals surface area (Å²) in [6, 6.07) is 9.31. The van der Waals surface area contributed by atoms with E-state index in [0.717, 1.165) is 11.8 Å². The van der Waals surface area contributed by atoms with Crippen LogP contribution >= 0.6 is 0 Å². The van der Waals surface area contributed by atoms with Crippen molar-refractivity contribution in [1.29, 1.82) is 0 Å². The Balaban J connectivity index is 2.55. The van der Waals surface area contributed by atoms with Crippen molar-refractivity contribution in [3.05, 3.63) is 42.0 Å². The minimum atomic E-state index is -3.35. The SMILES string of the molecule is CS(=O)(=O)CCS(=O)(=O)C/C=C\c1ccccc1. The Hall–Kier alpha value is -1.14. The first-order valence-corrected chi connectivity index (χ1v) is 9.26. The topological polar surface area (TPSA) is 68.3 Å². The zero-order chi connectivity index (χ0) is 13.6. The minimum Gasteiger partial charge on any atom is -0.229 e. The van der Waals surface area contributed by atoms with Crippen LogP contribution in [0.3, 0.4) is 0 Å². The van der Waals surface area contributed by atoms with Gasteiger partial charge in [-0.1, -0.05) is 42.5 Å². The van der Waals surface area contributed by atoms with Gasteiger partial charge < -0.3 is 0 Å². The highest BCUT2D eigenvalue weighted by atomic mass is 32.2. The fourth-order valence-electron chi connectivity index (χ4n) is 1.26. The molecule has 0 amide bonds. The van der Waals surface area contributed by atoms with Crippen LogP contribution in [0.25, 0.3) is 6.08 Å². The van der Waals surface area contributed by atoms with E-state index >= 15 is 0 Å². The summed E-state index contributed by atoms with van der Waals surface area (Å²) in [7, 11) is -6.59. The quantitative estimate of drug-likeness (QED) is 0.787. The summed E-state index contributed by atoms with van der Waals surface area (Å²) < 4.78 is 44.9. The van der Waals surface area contributed by atoms with Gasteiger partial charge in [0.05, 0.1) is 17.3 Å². The second-order valence-electron chi connectivity index (χ2n) is 4.06. The second-order valence-corrected chi connectivity index (χ2v) is 8.55. The minimum absolute atomic E-state index is 0.141. The Morgan fingerprint density at radius 1 is 1.00 bits per heavy atom. The Morgan fingerprint density at radius 3 is 2.17 bits per heavy atom. The normalized spacial score (nSPS) is 12.9. The fourth-order valence-corrected chi connectivity index (χ4v) is 4.04. The Labute approximate surface area is 108 Å². The van der Waals surface area contributed by atoms with Gasteiger partial charge >= 0.3 is 0 Å². The maximum absolute atomic E-state index is 11.6. The van der Waals surface area contributed by atoms with Gasteiger partial charge in [0.25, 0.3) is 0 Å². The van der Waals surface area contributed by atoms with E-state index in [-0.39, 0.29) is 17.3 Å². The molecular weight excluding hydrogens is 272 g/mol. The van der Waals surface area contributed by atoms with Gasteiger partial charge in [0.2, 0.25) is 0 Å². The number of hydrogen-bond donors (Lipinski definition) is 0. The molecule has 100 valence electrons. The van der Waals surface area contributed by atoms with Crippen molar-refractivity contribution in [2.45, 2.75) is 0 Å². The molecule has 0 aromatic heterocycles. The maximum atomic E-state index is 11.6. The van der Waals surface area contributed by atoms with Crippen molar-refractivity contribution in [2.24, 2.45) is 0 Å². The fraction of sp³-hybridized carbons (Fsp3) is 0.333. The lowest BCUT2D eigenvalue weighted by Gasteiger charge is -1.99. The van der Waals surface area contributed by atoms with Crippen LogP contribution in [0.15, 0.2) is 36.4 Å². The van der Waals surface area contributed by atoms with Gasteiger partial charge in [0.15, 0.2) is 9.84 Å². The van der Waals surface area contributed by atoms with E-state index in [1.807, 2.05) is 30.3 Å². The second kappa shape index (κ2) is 6.15. The number of benzene rings is 1. The first kappa shape index (κ1) is 14.9. The van der Waals surface area contributed by atoms with E-state index in [9.17, 15) is 16.8 Å².